The minimum absolute atomic E-state index is 0.223. The molecule has 21 heavy (non-hydrogen) atoms. The van der Waals surface area contributed by atoms with Crippen LogP contribution >= 0.6 is 0 Å². The van der Waals surface area contributed by atoms with Crippen molar-refractivity contribution in [2.45, 2.75) is 39.3 Å². The predicted molar refractivity (Wildman–Crippen MR) is 73.7 cm³/mol. The van der Waals surface area contributed by atoms with Crippen LogP contribution in [0.2, 0.25) is 0 Å². The average Bonchev–Trinajstić information content (AvgIpc) is 2.36. The van der Waals surface area contributed by atoms with Crippen LogP contribution in [0.3, 0.4) is 0 Å². The summed E-state index contributed by atoms with van der Waals surface area (Å²) in [6.45, 7) is 5.87. The first-order valence-electron chi connectivity index (χ1n) is 6.70. The van der Waals surface area contributed by atoms with Gasteiger partial charge in [-0.05, 0) is 44.4 Å². The second-order valence-corrected chi connectivity index (χ2v) is 6.02. The van der Waals surface area contributed by atoms with Crippen molar-refractivity contribution in [2.24, 2.45) is 0 Å². The first-order valence-corrected chi connectivity index (χ1v) is 6.70. The van der Waals surface area contributed by atoms with Gasteiger partial charge >= 0.3 is 12.1 Å². The zero-order chi connectivity index (χ0) is 15.8. The van der Waals surface area contributed by atoms with Crippen molar-refractivity contribution >= 4 is 12.1 Å². The summed E-state index contributed by atoms with van der Waals surface area (Å²) in [7, 11) is 0. The molecule has 0 unspecified atom stereocenters. The minimum Gasteiger partial charge on any atom is -0.478 e. The molecule has 0 spiro atoms. The Bertz CT molecular complexity index is 592. The van der Waals surface area contributed by atoms with Crippen LogP contribution in [-0.2, 0) is 17.7 Å². The van der Waals surface area contributed by atoms with E-state index >= 15 is 0 Å². The number of nitrogens with zero attached hydrogens (tertiary/aromatic N) is 1. The number of benzene rings is 1. The fourth-order valence-electron chi connectivity index (χ4n) is 2.26. The van der Waals surface area contributed by atoms with Crippen molar-refractivity contribution in [3.05, 3.63) is 34.6 Å². The van der Waals surface area contributed by atoms with Gasteiger partial charge in [0.15, 0.2) is 0 Å². The highest BCUT2D eigenvalue weighted by Crippen LogP contribution is 2.25. The average molecular weight is 295 g/mol. The predicted octanol–water partition coefficient (Wildman–Crippen LogP) is 2.82. The van der Waals surface area contributed by atoms with Gasteiger partial charge in [0, 0.05) is 13.1 Å². The zero-order valence-electron chi connectivity index (χ0n) is 12.3. The van der Waals surface area contributed by atoms with Gasteiger partial charge in [0.25, 0.3) is 0 Å². The first kappa shape index (κ1) is 15.3. The fourth-order valence-corrected chi connectivity index (χ4v) is 2.26. The standard InChI is InChI=1S/C15H18FNO4/c1-15(2,3)21-14(20)17-7-6-10-9(8-17)4-5-11(12(10)16)13(18)19/h4-5H,6-8H2,1-3H3,(H,18,19). The van der Waals surface area contributed by atoms with Gasteiger partial charge in [0.2, 0.25) is 0 Å². The fraction of sp³-hybridized carbons (Fsp3) is 0.467. The maximum atomic E-state index is 14.1. The van der Waals surface area contributed by atoms with Crippen LogP contribution in [-0.4, -0.2) is 34.2 Å². The van der Waals surface area contributed by atoms with Crippen molar-refractivity contribution < 1.29 is 23.8 Å². The summed E-state index contributed by atoms with van der Waals surface area (Å²) in [5.74, 6) is -1.99. The number of carbonyl (C=O) groups excluding carboxylic acids is 1. The molecule has 1 aromatic carbocycles. The molecule has 0 aromatic heterocycles. The molecule has 0 saturated heterocycles. The number of rotatable bonds is 1. The number of amides is 1. The number of carbonyl (C=O) groups is 2. The molecule has 114 valence electrons. The lowest BCUT2D eigenvalue weighted by molar-refractivity contribution is 0.0222. The van der Waals surface area contributed by atoms with Crippen LogP contribution in [0.5, 0.6) is 0 Å². The number of ether oxygens (including phenoxy) is 1. The third kappa shape index (κ3) is 3.32. The summed E-state index contributed by atoms with van der Waals surface area (Å²) >= 11 is 0. The molecule has 0 atom stereocenters. The Morgan fingerprint density at radius 3 is 2.57 bits per heavy atom. The monoisotopic (exact) mass is 295 g/mol. The Balaban J connectivity index is 2.20. The summed E-state index contributed by atoms with van der Waals surface area (Å²) in [4.78, 5) is 24.4. The lowest BCUT2D eigenvalue weighted by Gasteiger charge is -2.31. The van der Waals surface area contributed by atoms with Gasteiger partial charge in [0.05, 0.1) is 5.56 Å². The van der Waals surface area contributed by atoms with Crippen molar-refractivity contribution in [3.8, 4) is 0 Å². The van der Waals surface area contributed by atoms with E-state index in [0.29, 0.717) is 17.7 Å². The lowest BCUT2D eigenvalue weighted by atomic mass is 9.96. The van der Waals surface area contributed by atoms with Crippen LogP contribution in [0.4, 0.5) is 9.18 Å². The molecule has 0 saturated carbocycles. The van der Waals surface area contributed by atoms with E-state index in [4.69, 9.17) is 9.84 Å². The topological polar surface area (TPSA) is 66.8 Å². The quantitative estimate of drug-likeness (QED) is 0.865. The Morgan fingerprint density at radius 1 is 1.33 bits per heavy atom. The molecule has 1 aromatic rings. The molecule has 0 bridgehead atoms. The number of carboxylic acid groups (broad SMARTS) is 1. The largest absolute Gasteiger partial charge is 0.478 e. The normalized spacial score (nSPS) is 14.6. The first-order chi connectivity index (χ1) is 9.69. The van der Waals surface area contributed by atoms with E-state index in [0.717, 1.165) is 0 Å². The number of carboxylic acids is 1. The molecule has 2 rings (SSSR count). The molecule has 6 heteroatoms. The molecule has 1 N–H and O–H groups in total. The van der Waals surface area contributed by atoms with Crippen molar-refractivity contribution in [1.29, 1.82) is 0 Å². The number of hydrogen-bond acceptors (Lipinski definition) is 3. The number of halogens is 1. The smallest absolute Gasteiger partial charge is 0.410 e. The maximum absolute atomic E-state index is 14.1. The third-order valence-corrected chi connectivity index (χ3v) is 3.22. The molecular formula is C15H18FNO4. The van der Waals surface area contributed by atoms with Gasteiger partial charge < -0.3 is 14.7 Å². The maximum Gasteiger partial charge on any atom is 0.410 e. The number of hydrogen-bond donors (Lipinski definition) is 1. The summed E-state index contributed by atoms with van der Waals surface area (Å²) < 4.78 is 19.4. The molecule has 1 aliphatic heterocycles. The summed E-state index contributed by atoms with van der Waals surface area (Å²) in [5, 5.41) is 8.91. The van der Waals surface area contributed by atoms with Gasteiger partial charge in [-0.15, -0.1) is 0 Å². The molecule has 1 amide bonds. The second kappa shape index (κ2) is 5.35. The van der Waals surface area contributed by atoms with Crippen LogP contribution in [0.25, 0.3) is 0 Å². The lowest BCUT2D eigenvalue weighted by Crippen LogP contribution is -2.40. The van der Waals surface area contributed by atoms with Gasteiger partial charge in [-0.2, -0.15) is 0 Å². The molecule has 1 aliphatic rings. The number of aromatic carboxylic acids is 1. The Hall–Kier alpha value is -2.11. The molecule has 1 heterocycles. The van der Waals surface area contributed by atoms with E-state index in [1.165, 1.54) is 11.0 Å². The summed E-state index contributed by atoms with van der Waals surface area (Å²) in [6, 6.07) is 2.79. The van der Waals surface area contributed by atoms with E-state index < -0.39 is 23.5 Å². The molecule has 0 aliphatic carbocycles. The van der Waals surface area contributed by atoms with E-state index in [1.54, 1.807) is 26.8 Å². The van der Waals surface area contributed by atoms with Gasteiger partial charge in [0.1, 0.15) is 11.4 Å². The van der Waals surface area contributed by atoms with Crippen LogP contribution in [0, 0.1) is 5.82 Å². The third-order valence-electron chi connectivity index (χ3n) is 3.22. The Kier molecular flexibility index (Phi) is 3.89. The van der Waals surface area contributed by atoms with Gasteiger partial charge in [-0.3, -0.25) is 0 Å². The van der Waals surface area contributed by atoms with E-state index in [2.05, 4.69) is 0 Å². The highest BCUT2D eigenvalue weighted by atomic mass is 19.1. The van der Waals surface area contributed by atoms with Crippen molar-refractivity contribution in [3.63, 3.8) is 0 Å². The van der Waals surface area contributed by atoms with Crippen LogP contribution < -0.4 is 0 Å². The summed E-state index contributed by atoms with van der Waals surface area (Å²) in [5.41, 5.74) is 0.0688. The van der Waals surface area contributed by atoms with Crippen molar-refractivity contribution in [1.82, 2.24) is 4.90 Å². The molecular weight excluding hydrogens is 277 g/mol. The Labute approximate surface area is 122 Å². The van der Waals surface area contributed by atoms with Gasteiger partial charge in [-0.25, -0.2) is 14.0 Å². The summed E-state index contributed by atoms with van der Waals surface area (Å²) in [6.07, 6.45) is -0.169. The molecule has 5 nitrogen and oxygen atoms in total. The van der Waals surface area contributed by atoms with Crippen molar-refractivity contribution in [2.75, 3.05) is 6.54 Å². The SMILES string of the molecule is CC(C)(C)OC(=O)N1CCc2c(ccc(C(=O)O)c2F)C1. The van der Waals surface area contributed by atoms with E-state index in [-0.39, 0.29) is 18.5 Å². The Morgan fingerprint density at radius 2 is 2.00 bits per heavy atom. The zero-order valence-corrected chi connectivity index (χ0v) is 12.3. The van der Waals surface area contributed by atoms with E-state index in [1.807, 2.05) is 0 Å². The number of fused-ring (bicyclic) bond motifs is 1. The van der Waals surface area contributed by atoms with E-state index in [9.17, 15) is 14.0 Å². The van der Waals surface area contributed by atoms with Crippen LogP contribution in [0.1, 0.15) is 42.3 Å². The van der Waals surface area contributed by atoms with Crippen LogP contribution in [0.15, 0.2) is 12.1 Å². The molecule has 0 radical (unpaired) electrons. The van der Waals surface area contributed by atoms with Gasteiger partial charge in [-0.1, -0.05) is 6.07 Å². The highest BCUT2D eigenvalue weighted by molar-refractivity contribution is 5.88. The molecule has 0 fully saturated rings. The second-order valence-electron chi connectivity index (χ2n) is 6.02. The highest BCUT2D eigenvalue weighted by Gasteiger charge is 2.28. The minimum atomic E-state index is -1.29.